The largest absolute Gasteiger partial charge is 0.462 e. The van der Waals surface area contributed by atoms with Crippen LogP contribution in [0.2, 0.25) is 0 Å². The van der Waals surface area contributed by atoms with Crippen LogP contribution in [0.1, 0.15) is 40.0 Å². The van der Waals surface area contributed by atoms with Crippen molar-refractivity contribution >= 4 is 6.47 Å². The third-order valence-electron chi connectivity index (χ3n) is 2.03. The van der Waals surface area contributed by atoms with Crippen molar-refractivity contribution in [1.29, 1.82) is 0 Å². The van der Waals surface area contributed by atoms with E-state index in [0.717, 1.165) is 13.0 Å². The van der Waals surface area contributed by atoms with Gasteiger partial charge in [-0.2, -0.15) is 0 Å². The van der Waals surface area contributed by atoms with Gasteiger partial charge < -0.3 is 15.2 Å². The lowest BCUT2D eigenvalue weighted by atomic mass is 10.1. The van der Waals surface area contributed by atoms with E-state index in [1.807, 2.05) is 20.8 Å². The Morgan fingerprint density at radius 3 is 2.33 bits per heavy atom. The molecule has 0 bridgehead atoms. The molecule has 1 aliphatic heterocycles. The predicted octanol–water partition coefficient (Wildman–Crippen LogP) is 1.08. The molecule has 4 nitrogen and oxygen atoms in total. The SMILES string of the molecule is CC(C)(C)OC=O.OC[C@H]1CCCCN1. The van der Waals surface area contributed by atoms with Crippen molar-refractivity contribution in [3.8, 4) is 0 Å². The van der Waals surface area contributed by atoms with Gasteiger partial charge >= 0.3 is 0 Å². The summed E-state index contributed by atoms with van der Waals surface area (Å²) in [7, 11) is 0. The van der Waals surface area contributed by atoms with Gasteiger partial charge in [-0.25, -0.2) is 0 Å². The molecule has 0 aliphatic carbocycles. The van der Waals surface area contributed by atoms with Gasteiger partial charge in [0, 0.05) is 6.04 Å². The van der Waals surface area contributed by atoms with Crippen molar-refractivity contribution in [2.45, 2.75) is 51.7 Å². The molecule has 15 heavy (non-hydrogen) atoms. The summed E-state index contributed by atoms with van der Waals surface area (Å²) in [5.41, 5.74) is -0.318. The quantitative estimate of drug-likeness (QED) is 0.680. The van der Waals surface area contributed by atoms with Crippen molar-refractivity contribution in [3.05, 3.63) is 0 Å². The van der Waals surface area contributed by atoms with Crippen molar-refractivity contribution in [1.82, 2.24) is 5.32 Å². The molecular formula is C11H23NO3. The van der Waals surface area contributed by atoms with Crippen LogP contribution in [0.3, 0.4) is 0 Å². The summed E-state index contributed by atoms with van der Waals surface area (Å²) in [6, 6.07) is 0.392. The van der Waals surface area contributed by atoms with Crippen LogP contribution >= 0.6 is 0 Å². The number of rotatable bonds is 2. The van der Waals surface area contributed by atoms with Gasteiger partial charge in [0.25, 0.3) is 6.47 Å². The molecule has 0 spiro atoms. The molecule has 4 heteroatoms. The topological polar surface area (TPSA) is 58.6 Å². The summed E-state index contributed by atoms with van der Waals surface area (Å²) < 4.78 is 4.55. The van der Waals surface area contributed by atoms with Gasteiger partial charge in [-0.3, -0.25) is 4.79 Å². The Balaban J connectivity index is 0.000000265. The van der Waals surface area contributed by atoms with Crippen LogP contribution in [0, 0.1) is 0 Å². The molecule has 90 valence electrons. The minimum Gasteiger partial charge on any atom is -0.462 e. The molecule has 0 amide bonds. The Labute approximate surface area is 92.0 Å². The number of aliphatic hydroxyl groups is 1. The fourth-order valence-corrected chi connectivity index (χ4v) is 1.22. The Bertz CT molecular complexity index is 160. The Kier molecular flexibility index (Phi) is 7.34. The molecule has 0 radical (unpaired) electrons. The van der Waals surface area contributed by atoms with E-state index in [1.54, 1.807) is 0 Å². The number of piperidine rings is 1. The van der Waals surface area contributed by atoms with E-state index in [-0.39, 0.29) is 5.60 Å². The van der Waals surface area contributed by atoms with Gasteiger partial charge in [-0.15, -0.1) is 0 Å². The molecule has 1 aliphatic rings. The van der Waals surface area contributed by atoms with Gasteiger partial charge in [0.15, 0.2) is 0 Å². The van der Waals surface area contributed by atoms with Crippen LogP contribution in [0.15, 0.2) is 0 Å². The lowest BCUT2D eigenvalue weighted by molar-refractivity contribution is -0.138. The molecule has 1 atom stereocenters. The van der Waals surface area contributed by atoms with E-state index in [9.17, 15) is 4.79 Å². The van der Waals surface area contributed by atoms with E-state index in [0.29, 0.717) is 19.1 Å². The fraction of sp³-hybridized carbons (Fsp3) is 0.909. The van der Waals surface area contributed by atoms with E-state index in [4.69, 9.17) is 5.11 Å². The first-order valence-corrected chi connectivity index (χ1v) is 5.45. The monoisotopic (exact) mass is 217 g/mol. The molecule has 0 saturated carbocycles. The number of nitrogens with one attached hydrogen (secondary N) is 1. The predicted molar refractivity (Wildman–Crippen MR) is 59.6 cm³/mol. The van der Waals surface area contributed by atoms with Crippen LogP contribution in [0.25, 0.3) is 0 Å². The third kappa shape index (κ3) is 9.69. The first kappa shape index (κ1) is 14.4. The smallest absolute Gasteiger partial charge is 0.293 e. The van der Waals surface area contributed by atoms with Gasteiger partial charge in [0.1, 0.15) is 5.60 Å². The Hall–Kier alpha value is -0.610. The summed E-state index contributed by atoms with van der Waals surface area (Å²) in [5.74, 6) is 0. The van der Waals surface area contributed by atoms with Crippen LogP contribution in [0.4, 0.5) is 0 Å². The van der Waals surface area contributed by atoms with Crippen molar-refractivity contribution in [2.24, 2.45) is 0 Å². The van der Waals surface area contributed by atoms with E-state index < -0.39 is 0 Å². The Morgan fingerprint density at radius 2 is 2.13 bits per heavy atom. The first-order valence-electron chi connectivity index (χ1n) is 5.45. The van der Waals surface area contributed by atoms with Crippen molar-refractivity contribution < 1.29 is 14.6 Å². The molecule has 1 saturated heterocycles. The highest BCUT2D eigenvalue weighted by Crippen LogP contribution is 2.05. The van der Waals surface area contributed by atoms with Crippen molar-refractivity contribution in [3.63, 3.8) is 0 Å². The highest BCUT2D eigenvalue weighted by atomic mass is 16.5. The third-order valence-corrected chi connectivity index (χ3v) is 2.03. The maximum Gasteiger partial charge on any atom is 0.293 e. The second-order valence-electron chi connectivity index (χ2n) is 4.66. The maximum atomic E-state index is 9.60. The van der Waals surface area contributed by atoms with Crippen molar-refractivity contribution in [2.75, 3.05) is 13.2 Å². The molecule has 0 unspecified atom stereocenters. The summed E-state index contributed by atoms with van der Waals surface area (Å²) in [4.78, 5) is 9.60. The number of hydrogen-bond acceptors (Lipinski definition) is 4. The highest BCUT2D eigenvalue weighted by molar-refractivity contribution is 5.37. The summed E-state index contributed by atoms with van der Waals surface area (Å²) in [5, 5.41) is 11.8. The van der Waals surface area contributed by atoms with Gasteiger partial charge in [-0.1, -0.05) is 6.42 Å². The van der Waals surface area contributed by atoms with Crippen LogP contribution < -0.4 is 5.32 Å². The lowest BCUT2D eigenvalue weighted by Crippen LogP contribution is -2.36. The molecule has 2 N–H and O–H groups in total. The molecule has 1 fully saturated rings. The first-order chi connectivity index (χ1) is 6.99. The molecule has 0 aromatic carbocycles. The number of carbonyl (C=O) groups excluding carboxylic acids is 1. The zero-order valence-electron chi connectivity index (χ0n) is 9.95. The van der Waals surface area contributed by atoms with Crippen LogP contribution in [-0.4, -0.2) is 36.4 Å². The van der Waals surface area contributed by atoms with E-state index in [2.05, 4.69) is 10.1 Å². The molecule has 1 rings (SSSR count). The standard InChI is InChI=1S/C6H13NO.C5H10O2/c8-5-6-3-1-2-4-7-6;1-5(2,3)7-4-6/h6-8H,1-5H2;4H,1-3H3/t6-;/m1./s1. The number of aliphatic hydroxyl groups excluding tert-OH is 1. The molecule has 1 heterocycles. The number of carbonyl (C=O) groups is 1. The van der Waals surface area contributed by atoms with Crippen LogP contribution in [0.5, 0.6) is 0 Å². The summed E-state index contributed by atoms with van der Waals surface area (Å²) in [6.07, 6.45) is 3.70. The maximum absolute atomic E-state index is 9.60. The second-order valence-corrected chi connectivity index (χ2v) is 4.66. The Morgan fingerprint density at radius 1 is 1.47 bits per heavy atom. The molecular weight excluding hydrogens is 194 g/mol. The normalized spacial score (nSPS) is 21.2. The zero-order valence-corrected chi connectivity index (χ0v) is 9.95. The van der Waals surface area contributed by atoms with E-state index >= 15 is 0 Å². The second kappa shape index (κ2) is 7.65. The van der Waals surface area contributed by atoms with Gasteiger partial charge in [-0.05, 0) is 40.2 Å². The summed E-state index contributed by atoms with van der Waals surface area (Å²) >= 11 is 0. The minimum absolute atomic E-state index is 0.306. The molecule has 0 aromatic rings. The lowest BCUT2D eigenvalue weighted by Gasteiger charge is -2.20. The van der Waals surface area contributed by atoms with Gasteiger partial charge in [0.2, 0.25) is 0 Å². The van der Waals surface area contributed by atoms with Gasteiger partial charge in [0.05, 0.1) is 6.61 Å². The molecule has 0 aromatic heterocycles. The zero-order chi connectivity index (χ0) is 11.7. The fourth-order valence-electron chi connectivity index (χ4n) is 1.22. The minimum atomic E-state index is -0.318. The highest BCUT2D eigenvalue weighted by Gasteiger charge is 2.09. The summed E-state index contributed by atoms with van der Waals surface area (Å²) in [6.45, 7) is 7.31. The van der Waals surface area contributed by atoms with E-state index in [1.165, 1.54) is 12.8 Å². The number of hydrogen-bond donors (Lipinski definition) is 2. The average molecular weight is 217 g/mol. The number of ether oxygens (including phenoxy) is 1. The van der Waals surface area contributed by atoms with Crippen LogP contribution in [-0.2, 0) is 9.53 Å². The average Bonchev–Trinajstić information content (AvgIpc) is 2.18.